The molecule has 2 N–H and O–H groups in total. The Bertz CT molecular complexity index is 805. The first-order valence-corrected chi connectivity index (χ1v) is 10.5. The molecule has 0 spiro atoms. The molecule has 0 saturated heterocycles. The molecule has 9 nitrogen and oxygen atoms in total. The zero-order valence-corrected chi connectivity index (χ0v) is 18.0. The minimum Gasteiger partial charge on any atom is -0.382 e. The van der Waals surface area contributed by atoms with E-state index >= 15 is 0 Å². The van der Waals surface area contributed by atoms with Gasteiger partial charge in [0.1, 0.15) is 18.2 Å². The van der Waals surface area contributed by atoms with Crippen molar-refractivity contribution in [2.45, 2.75) is 72.3 Å². The summed E-state index contributed by atoms with van der Waals surface area (Å²) < 4.78 is 32.3. The molecule has 2 aromatic heterocycles. The number of nitrogens with zero attached hydrogens (tertiary/aromatic N) is 4. The van der Waals surface area contributed by atoms with Gasteiger partial charge in [-0.05, 0) is 48.5 Å². The quantitative estimate of drug-likeness (QED) is 0.703. The number of nitrogens with two attached hydrogens (primary N) is 1. The molecule has 0 unspecified atom stereocenters. The third-order valence-corrected chi connectivity index (χ3v) is 5.34. The van der Waals surface area contributed by atoms with Crippen LogP contribution in [0, 0.1) is 0 Å². The van der Waals surface area contributed by atoms with Crippen LogP contribution in [0.5, 0.6) is 0 Å². The molecule has 0 fully saturated rings. The maximum Gasteiger partial charge on any atom is 0.357 e. The minimum absolute atomic E-state index is 0.146. The van der Waals surface area contributed by atoms with E-state index in [0.717, 1.165) is 0 Å². The van der Waals surface area contributed by atoms with Crippen LogP contribution in [-0.2, 0) is 24.9 Å². The van der Waals surface area contributed by atoms with Gasteiger partial charge < -0.3 is 24.1 Å². The fourth-order valence-electron chi connectivity index (χ4n) is 2.49. The predicted octanol–water partition coefficient (Wildman–Crippen LogP) is 3.59. The molecule has 0 amide bonds. The standard InChI is InChI=1S/C17H30N5O4P/c1-12(8-22-10-21-13-14(18)19-9-20-15(13)22)24-11-27(23,25-16(2,3)4)26-17(5,6)7/h9-10,12H,8,11H2,1-7H3,(H2,18,19,20)/t12-/m1/s1. The summed E-state index contributed by atoms with van der Waals surface area (Å²) in [7, 11) is -3.45. The van der Waals surface area contributed by atoms with Crippen molar-refractivity contribution in [2.24, 2.45) is 0 Å². The maximum absolute atomic E-state index is 13.2. The summed E-state index contributed by atoms with van der Waals surface area (Å²) in [5, 5.41) is 0. The zero-order valence-electron chi connectivity index (χ0n) is 17.1. The molecule has 0 radical (unpaired) electrons. The van der Waals surface area contributed by atoms with Crippen molar-refractivity contribution in [3.63, 3.8) is 0 Å². The summed E-state index contributed by atoms with van der Waals surface area (Å²) in [6, 6.07) is 0. The van der Waals surface area contributed by atoms with Gasteiger partial charge in [0.2, 0.25) is 0 Å². The van der Waals surface area contributed by atoms with Crippen molar-refractivity contribution in [2.75, 3.05) is 12.1 Å². The average Bonchev–Trinajstić information content (AvgIpc) is 2.86. The van der Waals surface area contributed by atoms with Gasteiger partial charge in [-0.25, -0.2) is 15.0 Å². The second kappa shape index (κ2) is 7.83. The molecule has 0 bridgehead atoms. The van der Waals surface area contributed by atoms with Gasteiger partial charge in [0.15, 0.2) is 11.5 Å². The third-order valence-electron chi connectivity index (χ3n) is 3.23. The molecule has 152 valence electrons. The molecule has 0 saturated carbocycles. The van der Waals surface area contributed by atoms with Crippen molar-refractivity contribution in [3.05, 3.63) is 12.7 Å². The topological polar surface area (TPSA) is 114 Å². The molecule has 2 aromatic rings. The largest absolute Gasteiger partial charge is 0.382 e. The number of imidazole rings is 1. The highest BCUT2D eigenvalue weighted by atomic mass is 31.2. The van der Waals surface area contributed by atoms with E-state index in [9.17, 15) is 4.57 Å². The van der Waals surface area contributed by atoms with Crippen molar-refractivity contribution < 1.29 is 18.3 Å². The first-order chi connectivity index (χ1) is 12.3. The summed E-state index contributed by atoms with van der Waals surface area (Å²) in [5.41, 5.74) is 5.73. The number of fused-ring (bicyclic) bond motifs is 1. The van der Waals surface area contributed by atoms with E-state index in [1.165, 1.54) is 6.33 Å². The Morgan fingerprint density at radius 3 is 2.26 bits per heavy atom. The second-order valence-electron chi connectivity index (χ2n) is 8.45. The molecule has 0 aliphatic heterocycles. The van der Waals surface area contributed by atoms with Crippen LogP contribution in [-0.4, -0.2) is 43.2 Å². The number of rotatable bonds is 7. The van der Waals surface area contributed by atoms with Crippen molar-refractivity contribution in [3.8, 4) is 0 Å². The highest BCUT2D eigenvalue weighted by molar-refractivity contribution is 7.53. The van der Waals surface area contributed by atoms with Gasteiger partial charge in [0, 0.05) is 0 Å². The van der Waals surface area contributed by atoms with Crippen molar-refractivity contribution >= 4 is 24.6 Å². The van der Waals surface area contributed by atoms with Crippen LogP contribution in [0.15, 0.2) is 12.7 Å². The molecule has 0 aromatic carbocycles. The SMILES string of the molecule is C[C@H](Cn1cnc2c(N)ncnc21)OCP(=O)(OC(C)(C)C)OC(C)(C)C. The summed E-state index contributed by atoms with van der Waals surface area (Å²) in [6.07, 6.45) is 2.60. The van der Waals surface area contributed by atoms with Gasteiger partial charge in [-0.1, -0.05) is 0 Å². The number of hydrogen-bond donors (Lipinski definition) is 1. The van der Waals surface area contributed by atoms with E-state index in [1.807, 2.05) is 53.0 Å². The lowest BCUT2D eigenvalue weighted by Gasteiger charge is -2.32. The molecular formula is C17H30N5O4P. The molecule has 0 aliphatic rings. The van der Waals surface area contributed by atoms with Gasteiger partial charge >= 0.3 is 7.60 Å². The highest BCUT2D eigenvalue weighted by Gasteiger charge is 2.36. The van der Waals surface area contributed by atoms with Gasteiger partial charge in [0.05, 0.1) is 30.2 Å². The second-order valence-corrected chi connectivity index (χ2v) is 10.3. The molecule has 10 heteroatoms. The van der Waals surface area contributed by atoms with E-state index in [2.05, 4.69) is 15.0 Å². The minimum atomic E-state index is -3.45. The lowest BCUT2D eigenvalue weighted by molar-refractivity contribution is 0.0160. The highest BCUT2D eigenvalue weighted by Crippen LogP contribution is 2.54. The molecule has 0 aliphatic carbocycles. The van der Waals surface area contributed by atoms with Gasteiger partial charge in [0.25, 0.3) is 0 Å². The van der Waals surface area contributed by atoms with Crippen LogP contribution in [0.3, 0.4) is 0 Å². The molecule has 1 atom stereocenters. The molecule has 2 heterocycles. The maximum atomic E-state index is 13.2. The normalized spacial score (nSPS) is 14.6. The Kier molecular flexibility index (Phi) is 6.31. The average molecular weight is 399 g/mol. The summed E-state index contributed by atoms with van der Waals surface area (Å²) in [5.74, 6) is 0.328. The van der Waals surface area contributed by atoms with E-state index < -0.39 is 18.8 Å². The number of ether oxygens (including phenoxy) is 1. The van der Waals surface area contributed by atoms with Crippen LogP contribution >= 0.6 is 7.60 Å². The lowest BCUT2D eigenvalue weighted by atomic mass is 10.2. The Morgan fingerprint density at radius 2 is 1.70 bits per heavy atom. The van der Waals surface area contributed by atoms with Gasteiger partial charge in [-0.3, -0.25) is 4.57 Å². The van der Waals surface area contributed by atoms with Crippen LogP contribution in [0.4, 0.5) is 5.82 Å². The van der Waals surface area contributed by atoms with Gasteiger partial charge in [-0.15, -0.1) is 0 Å². The Morgan fingerprint density at radius 1 is 1.11 bits per heavy atom. The fourth-order valence-corrected chi connectivity index (χ4v) is 4.74. The summed E-state index contributed by atoms with van der Waals surface area (Å²) >= 11 is 0. The lowest BCUT2D eigenvalue weighted by Crippen LogP contribution is -2.26. The first kappa shape index (κ1) is 21.8. The third kappa shape index (κ3) is 6.53. The number of aromatic nitrogens is 4. The Balaban J connectivity index is 2.07. The van der Waals surface area contributed by atoms with E-state index in [0.29, 0.717) is 23.5 Å². The smallest absolute Gasteiger partial charge is 0.357 e. The zero-order chi connectivity index (χ0) is 20.5. The molecular weight excluding hydrogens is 369 g/mol. The van der Waals surface area contributed by atoms with Gasteiger partial charge in [-0.2, -0.15) is 0 Å². The summed E-state index contributed by atoms with van der Waals surface area (Å²) in [4.78, 5) is 12.4. The summed E-state index contributed by atoms with van der Waals surface area (Å²) in [6.45, 7) is 13.3. The number of nitrogen functional groups attached to an aromatic ring is 1. The van der Waals surface area contributed by atoms with Crippen LogP contribution < -0.4 is 5.73 Å². The van der Waals surface area contributed by atoms with Crippen LogP contribution in [0.1, 0.15) is 48.5 Å². The van der Waals surface area contributed by atoms with Crippen LogP contribution in [0.2, 0.25) is 0 Å². The Hall–Kier alpha value is -1.54. The molecule has 2 rings (SSSR count). The number of anilines is 1. The first-order valence-electron chi connectivity index (χ1n) is 8.81. The van der Waals surface area contributed by atoms with E-state index in [4.69, 9.17) is 19.5 Å². The van der Waals surface area contributed by atoms with Crippen LogP contribution in [0.25, 0.3) is 11.2 Å². The predicted molar refractivity (Wildman–Crippen MR) is 104 cm³/mol. The Labute approximate surface area is 160 Å². The molecule has 27 heavy (non-hydrogen) atoms. The fraction of sp³-hybridized carbons (Fsp3) is 0.706. The monoisotopic (exact) mass is 399 g/mol. The van der Waals surface area contributed by atoms with Crippen molar-refractivity contribution in [1.29, 1.82) is 0 Å². The van der Waals surface area contributed by atoms with E-state index in [1.54, 1.807) is 6.33 Å². The van der Waals surface area contributed by atoms with E-state index in [-0.39, 0.29) is 12.5 Å². The number of hydrogen-bond acceptors (Lipinski definition) is 8. The van der Waals surface area contributed by atoms with Crippen molar-refractivity contribution in [1.82, 2.24) is 19.5 Å².